The fraction of sp³-hybridized carbons (Fsp3) is 0.421. The van der Waals surface area contributed by atoms with Crippen LogP contribution in [-0.4, -0.2) is 31.3 Å². The molecule has 0 amide bonds. The summed E-state index contributed by atoms with van der Waals surface area (Å²) in [5.41, 5.74) is 11.7. The number of hydrogen-bond acceptors (Lipinski definition) is 4. The predicted molar refractivity (Wildman–Crippen MR) is 93.8 cm³/mol. The van der Waals surface area contributed by atoms with Crippen molar-refractivity contribution in [3.8, 4) is 11.1 Å². The van der Waals surface area contributed by atoms with Crippen molar-refractivity contribution in [2.24, 2.45) is 0 Å². The summed E-state index contributed by atoms with van der Waals surface area (Å²) in [7, 11) is 0. The highest BCUT2D eigenvalue weighted by molar-refractivity contribution is 5.73. The van der Waals surface area contributed by atoms with E-state index in [4.69, 9.17) is 15.5 Å². The minimum absolute atomic E-state index is 0.635. The smallest absolute Gasteiger partial charge is 0.129 e. The maximum absolute atomic E-state index is 6.01. The Morgan fingerprint density at radius 3 is 2.65 bits per heavy atom. The van der Waals surface area contributed by atoms with Crippen LogP contribution in [0.25, 0.3) is 11.1 Å². The molecule has 23 heavy (non-hydrogen) atoms. The van der Waals surface area contributed by atoms with Crippen molar-refractivity contribution >= 4 is 11.5 Å². The molecule has 1 saturated heterocycles. The van der Waals surface area contributed by atoms with Gasteiger partial charge in [-0.1, -0.05) is 6.07 Å². The Balaban J connectivity index is 1.78. The van der Waals surface area contributed by atoms with Crippen LogP contribution in [-0.2, 0) is 4.74 Å². The molecule has 2 aromatic rings. The molecule has 2 heterocycles. The number of ether oxygens (including phenoxy) is 1. The summed E-state index contributed by atoms with van der Waals surface area (Å²) in [6, 6.07) is 10.6. The van der Waals surface area contributed by atoms with Gasteiger partial charge in [-0.15, -0.1) is 0 Å². The number of morpholine rings is 1. The number of hydrogen-bond donors (Lipinski definition) is 1. The Morgan fingerprint density at radius 1 is 1.13 bits per heavy atom. The lowest BCUT2D eigenvalue weighted by Crippen LogP contribution is -2.36. The van der Waals surface area contributed by atoms with E-state index in [1.807, 2.05) is 6.07 Å². The van der Waals surface area contributed by atoms with Gasteiger partial charge >= 0.3 is 0 Å². The normalized spacial score (nSPS) is 18.2. The van der Waals surface area contributed by atoms with Gasteiger partial charge < -0.3 is 15.4 Å². The standard InChI is InChI=1S/C19H23N3O/c1-13-2-5-16(20)12-17(13)15-10-18(14-3-4-14)21-19(11-15)22-6-8-23-9-7-22/h2,5,10-12,14H,3-4,6-9,20H2,1H3. The zero-order valence-corrected chi connectivity index (χ0v) is 13.6. The minimum Gasteiger partial charge on any atom is -0.399 e. The molecule has 4 rings (SSSR count). The summed E-state index contributed by atoms with van der Waals surface area (Å²) >= 11 is 0. The quantitative estimate of drug-likeness (QED) is 0.883. The van der Waals surface area contributed by atoms with Crippen LogP contribution in [0, 0.1) is 6.92 Å². The molecule has 1 aliphatic heterocycles. The molecule has 120 valence electrons. The zero-order valence-electron chi connectivity index (χ0n) is 13.6. The number of aryl methyl sites for hydroxylation is 1. The van der Waals surface area contributed by atoms with E-state index in [1.54, 1.807) is 0 Å². The van der Waals surface area contributed by atoms with Crippen LogP contribution in [0.3, 0.4) is 0 Å². The van der Waals surface area contributed by atoms with Crippen molar-refractivity contribution in [3.63, 3.8) is 0 Å². The maximum Gasteiger partial charge on any atom is 0.129 e. The molecule has 0 spiro atoms. The molecule has 1 aromatic carbocycles. The molecule has 2 aliphatic rings. The summed E-state index contributed by atoms with van der Waals surface area (Å²) in [4.78, 5) is 7.27. The van der Waals surface area contributed by atoms with Crippen molar-refractivity contribution in [1.82, 2.24) is 4.98 Å². The Labute approximate surface area is 137 Å². The van der Waals surface area contributed by atoms with E-state index in [2.05, 4.69) is 36.1 Å². The second kappa shape index (κ2) is 5.85. The SMILES string of the molecule is Cc1ccc(N)cc1-c1cc(C2CC2)nc(N2CCOCC2)c1. The third kappa shape index (κ3) is 3.04. The van der Waals surface area contributed by atoms with Gasteiger partial charge in [0.05, 0.1) is 13.2 Å². The van der Waals surface area contributed by atoms with Crippen LogP contribution in [0.2, 0.25) is 0 Å². The topological polar surface area (TPSA) is 51.4 Å². The van der Waals surface area contributed by atoms with Gasteiger partial charge in [-0.05, 0) is 60.7 Å². The number of rotatable bonds is 3. The fourth-order valence-corrected chi connectivity index (χ4v) is 3.19. The van der Waals surface area contributed by atoms with E-state index in [-0.39, 0.29) is 0 Å². The van der Waals surface area contributed by atoms with Crippen LogP contribution in [0.4, 0.5) is 11.5 Å². The molecule has 0 radical (unpaired) electrons. The number of benzene rings is 1. The van der Waals surface area contributed by atoms with Gasteiger partial charge in [0.15, 0.2) is 0 Å². The lowest BCUT2D eigenvalue weighted by Gasteiger charge is -2.28. The number of nitrogen functional groups attached to an aromatic ring is 1. The van der Waals surface area contributed by atoms with E-state index < -0.39 is 0 Å². The lowest BCUT2D eigenvalue weighted by molar-refractivity contribution is 0.122. The molecule has 0 bridgehead atoms. The molecular formula is C19H23N3O. The van der Waals surface area contributed by atoms with Gasteiger partial charge in [0.1, 0.15) is 5.82 Å². The van der Waals surface area contributed by atoms with E-state index in [0.717, 1.165) is 37.8 Å². The third-order valence-electron chi connectivity index (χ3n) is 4.73. The summed E-state index contributed by atoms with van der Waals surface area (Å²) in [6.45, 7) is 5.53. The second-order valence-corrected chi connectivity index (χ2v) is 6.59. The van der Waals surface area contributed by atoms with Gasteiger partial charge in [-0.2, -0.15) is 0 Å². The Morgan fingerprint density at radius 2 is 1.91 bits per heavy atom. The number of aromatic nitrogens is 1. The molecule has 1 saturated carbocycles. The van der Waals surface area contributed by atoms with E-state index >= 15 is 0 Å². The first kappa shape index (κ1) is 14.5. The summed E-state index contributed by atoms with van der Waals surface area (Å²) in [5.74, 6) is 1.71. The summed E-state index contributed by atoms with van der Waals surface area (Å²) < 4.78 is 5.47. The fourth-order valence-electron chi connectivity index (χ4n) is 3.19. The number of anilines is 2. The number of pyridine rings is 1. The highest BCUT2D eigenvalue weighted by atomic mass is 16.5. The number of nitrogens with zero attached hydrogens (tertiary/aromatic N) is 2. The Kier molecular flexibility index (Phi) is 3.69. The van der Waals surface area contributed by atoms with Crippen LogP contribution >= 0.6 is 0 Å². The van der Waals surface area contributed by atoms with Gasteiger partial charge in [-0.3, -0.25) is 0 Å². The van der Waals surface area contributed by atoms with Crippen molar-refractivity contribution < 1.29 is 4.74 Å². The third-order valence-corrected chi connectivity index (χ3v) is 4.73. The van der Waals surface area contributed by atoms with Crippen LogP contribution in [0.5, 0.6) is 0 Å². The molecular weight excluding hydrogens is 286 g/mol. The Hall–Kier alpha value is -2.07. The average molecular weight is 309 g/mol. The predicted octanol–water partition coefficient (Wildman–Crippen LogP) is 3.35. The highest BCUT2D eigenvalue weighted by Gasteiger charge is 2.27. The molecule has 0 unspecified atom stereocenters. The van der Waals surface area contributed by atoms with Gasteiger partial charge in [-0.25, -0.2) is 4.98 Å². The van der Waals surface area contributed by atoms with E-state index in [9.17, 15) is 0 Å². The molecule has 1 aromatic heterocycles. The zero-order chi connectivity index (χ0) is 15.8. The van der Waals surface area contributed by atoms with Crippen LogP contribution in [0.1, 0.15) is 30.0 Å². The van der Waals surface area contributed by atoms with Gasteiger partial charge in [0.2, 0.25) is 0 Å². The second-order valence-electron chi connectivity index (χ2n) is 6.59. The van der Waals surface area contributed by atoms with Crippen molar-refractivity contribution in [1.29, 1.82) is 0 Å². The number of nitrogens with two attached hydrogens (primary N) is 1. The van der Waals surface area contributed by atoms with Gasteiger partial charge in [0.25, 0.3) is 0 Å². The first-order valence-corrected chi connectivity index (χ1v) is 8.42. The van der Waals surface area contributed by atoms with Crippen LogP contribution in [0.15, 0.2) is 30.3 Å². The van der Waals surface area contributed by atoms with Gasteiger partial charge in [0, 0.05) is 30.4 Å². The molecule has 2 N–H and O–H groups in total. The first-order valence-electron chi connectivity index (χ1n) is 8.42. The van der Waals surface area contributed by atoms with Crippen molar-refractivity contribution in [3.05, 3.63) is 41.6 Å². The summed E-state index contributed by atoms with van der Waals surface area (Å²) in [5, 5.41) is 0. The van der Waals surface area contributed by atoms with Crippen LogP contribution < -0.4 is 10.6 Å². The summed E-state index contributed by atoms with van der Waals surface area (Å²) in [6.07, 6.45) is 2.52. The Bertz CT molecular complexity index is 719. The molecule has 2 fully saturated rings. The average Bonchev–Trinajstić information content (AvgIpc) is 3.42. The highest BCUT2D eigenvalue weighted by Crippen LogP contribution is 2.41. The van der Waals surface area contributed by atoms with Crippen molar-refractivity contribution in [2.75, 3.05) is 36.9 Å². The minimum atomic E-state index is 0.635. The van der Waals surface area contributed by atoms with E-state index in [1.165, 1.54) is 35.2 Å². The lowest BCUT2D eigenvalue weighted by atomic mass is 9.99. The largest absolute Gasteiger partial charge is 0.399 e. The van der Waals surface area contributed by atoms with E-state index in [0.29, 0.717) is 5.92 Å². The molecule has 4 heteroatoms. The molecule has 1 aliphatic carbocycles. The molecule has 0 atom stereocenters. The first-order chi connectivity index (χ1) is 11.2. The monoisotopic (exact) mass is 309 g/mol. The maximum atomic E-state index is 6.01. The molecule has 4 nitrogen and oxygen atoms in total. The van der Waals surface area contributed by atoms with Crippen molar-refractivity contribution in [2.45, 2.75) is 25.7 Å².